The molecule has 0 unspecified atom stereocenters. The van der Waals surface area contributed by atoms with Crippen LogP contribution in [0.3, 0.4) is 0 Å². The maximum atomic E-state index is 12.6. The largest absolute Gasteiger partial charge is 0.379 e. The summed E-state index contributed by atoms with van der Waals surface area (Å²) in [6.07, 6.45) is 5.61. The summed E-state index contributed by atoms with van der Waals surface area (Å²) in [5.74, 6) is 0.517. The van der Waals surface area contributed by atoms with Crippen LogP contribution in [0.15, 0.2) is 42.9 Å². The zero-order chi connectivity index (χ0) is 18.8. The summed E-state index contributed by atoms with van der Waals surface area (Å²) >= 11 is 0. The second-order valence-corrected chi connectivity index (χ2v) is 6.85. The van der Waals surface area contributed by atoms with Crippen LogP contribution in [-0.4, -0.2) is 57.9 Å². The number of pyridine rings is 1. The lowest BCUT2D eigenvalue weighted by Gasteiger charge is -2.31. The number of aryl methyl sites for hydroxylation is 1. The van der Waals surface area contributed by atoms with Gasteiger partial charge in [0.2, 0.25) is 5.91 Å². The number of anilines is 1. The molecular formula is C20H23N5O2. The van der Waals surface area contributed by atoms with Crippen molar-refractivity contribution in [2.45, 2.75) is 13.0 Å². The van der Waals surface area contributed by atoms with E-state index < -0.39 is 0 Å². The summed E-state index contributed by atoms with van der Waals surface area (Å²) in [6, 6.07) is 7.88. The first-order valence-corrected chi connectivity index (χ1v) is 9.11. The summed E-state index contributed by atoms with van der Waals surface area (Å²) in [7, 11) is 1.90. The average Bonchev–Trinajstić information content (AvgIpc) is 3.14. The first-order chi connectivity index (χ1) is 13.1. The van der Waals surface area contributed by atoms with Crippen LogP contribution in [0.2, 0.25) is 0 Å². The molecule has 7 heteroatoms. The molecule has 1 N–H and O–H groups in total. The predicted octanol–water partition coefficient (Wildman–Crippen LogP) is 2.29. The molecule has 1 amide bonds. The summed E-state index contributed by atoms with van der Waals surface area (Å²) in [5, 5.41) is 9.23. The lowest BCUT2D eigenvalue weighted by molar-refractivity contribution is -0.122. The highest BCUT2D eigenvalue weighted by Gasteiger charge is 2.23. The van der Waals surface area contributed by atoms with Gasteiger partial charge in [-0.1, -0.05) is 12.1 Å². The lowest BCUT2D eigenvalue weighted by atomic mass is 10.1. The van der Waals surface area contributed by atoms with Crippen molar-refractivity contribution in [3.63, 3.8) is 0 Å². The van der Waals surface area contributed by atoms with E-state index >= 15 is 0 Å². The molecule has 27 heavy (non-hydrogen) atoms. The van der Waals surface area contributed by atoms with Crippen LogP contribution < -0.4 is 5.32 Å². The number of amides is 1. The number of nitrogens with one attached hydrogen (secondary N) is 1. The number of benzene rings is 1. The van der Waals surface area contributed by atoms with Gasteiger partial charge in [-0.05, 0) is 30.0 Å². The van der Waals surface area contributed by atoms with Gasteiger partial charge in [0.1, 0.15) is 5.82 Å². The SMILES string of the molecule is C[C@@H](C(=O)Nc1cc2cc(-c3cnn(C)c3)ccc2cn1)N1CCOCC1. The summed E-state index contributed by atoms with van der Waals surface area (Å²) in [5.41, 5.74) is 2.14. The summed E-state index contributed by atoms with van der Waals surface area (Å²) in [4.78, 5) is 19.1. The van der Waals surface area contributed by atoms with E-state index in [1.165, 1.54) is 0 Å². The van der Waals surface area contributed by atoms with Crippen LogP contribution >= 0.6 is 0 Å². The molecule has 0 radical (unpaired) electrons. The standard InChI is InChI=1S/C20H23N5O2/c1-14(25-5-7-27-8-6-25)20(26)23-19-10-17-9-15(3-4-16(17)11-21-19)18-12-22-24(2)13-18/h3-4,9-14H,5-8H2,1-2H3,(H,21,23,26)/t14-/m0/s1. The van der Waals surface area contributed by atoms with Crippen molar-refractivity contribution in [1.82, 2.24) is 19.7 Å². The second kappa shape index (κ2) is 7.46. The Morgan fingerprint density at radius 3 is 2.70 bits per heavy atom. The monoisotopic (exact) mass is 365 g/mol. The molecule has 7 nitrogen and oxygen atoms in total. The zero-order valence-electron chi connectivity index (χ0n) is 15.6. The van der Waals surface area contributed by atoms with Gasteiger partial charge in [-0.2, -0.15) is 5.10 Å². The molecule has 0 bridgehead atoms. The Kier molecular flexibility index (Phi) is 4.87. The zero-order valence-corrected chi connectivity index (χ0v) is 15.6. The van der Waals surface area contributed by atoms with E-state index in [0.717, 1.165) is 35.0 Å². The minimum Gasteiger partial charge on any atom is -0.379 e. The molecule has 0 spiro atoms. The molecule has 4 rings (SSSR count). The van der Waals surface area contributed by atoms with Gasteiger partial charge in [0, 0.05) is 43.5 Å². The van der Waals surface area contributed by atoms with E-state index in [0.29, 0.717) is 19.0 Å². The Morgan fingerprint density at radius 1 is 1.15 bits per heavy atom. The van der Waals surface area contributed by atoms with E-state index in [1.54, 1.807) is 10.9 Å². The number of morpholine rings is 1. The van der Waals surface area contributed by atoms with Gasteiger partial charge in [-0.15, -0.1) is 0 Å². The van der Waals surface area contributed by atoms with Crippen molar-refractivity contribution in [2.75, 3.05) is 31.6 Å². The summed E-state index contributed by atoms with van der Waals surface area (Å²) in [6.45, 7) is 4.80. The van der Waals surface area contributed by atoms with Crippen LogP contribution in [0, 0.1) is 0 Å². The number of ether oxygens (including phenoxy) is 1. The van der Waals surface area contributed by atoms with E-state index in [4.69, 9.17) is 4.74 Å². The second-order valence-electron chi connectivity index (χ2n) is 6.85. The Morgan fingerprint density at radius 2 is 1.96 bits per heavy atom. The van der Waals surface area contributed by atoms with Gasteiger partial charge in [0.05, 0.1) is 25.5 Å². The van der Waals surface area contributed by atoms with Gasteiger partial charge in [0.25, 0.3) is 0 Å². The van der Waals surface area contributed by atoms with Gasteiger partial charge < -0.3 is 10.1 Å². The van der Waals surface area contributed by atoms with E-state index in [1.807, 2.05) is 38.5 Å². The Hall–Kier alpha value is -2.77. The smallest absolute Gasteiger partial charge is 0.242 e. The number of hydrogen-bond acceptors (Lipinski definition) is 5. The van der Waals surface area contributed by atoms with Crippen LogP contribution in [-0.2, 0) is 16.6 Å². The normalized spacial score (nSPS) is 16.4. The average molecular weight is 365 g/mol. The highest BCUT2D eigenvalue weighted by molar-refractivity contribution is 5.96. The molecule has 1 aliphatic rings. The molecule has 3 aromatic rings. The highest BCUT2D eigenvalue weighted by atomic mass is 16.5. The maximum absolute atomic E-state index is 12.6. The third-order valence-corrected chi connectivity index (χ3v) is 4.98. The van der Waals surface area contributed by atoms with Crippen LogP contribution in [0.25, 0.3) is 21.9 Å². The van der Waals surface area contributed by atoms with Crippen molar-refractivity contribution < 1.29 is 9.53 Å². The number of hydrogen-bond donors (Lipinski definition) is 1. The van der Waals surface area contributed by atoms with Crippen molar-refractivity contribution in [1.29, 1.82) is 0 Å². The minimum atomic E-state index is -0.215. The third-order valence-electron chi connectivity index (χ3n) is 4.98. The van der Waals surface area contributed by atoms with Crippen LogP contribution in [0.5, 0.6) is 0 Å². The van der Waals surface area contributed by atoms with Gasteiger partial charge in [-0.25, -0.2) is 4.98 Å². The van der Waals surface area contributed by atoms with Crippen molar-refractivity contribution >= 4 is 22.5 Å². The quantitative estimate of drug-likeness (QED) is 0.768. The molecule has 0 saturated carbocycles. The number of fused-ring (bicyclic) bond motifs is 1. The lowest BCUT2D eigenvalue weighted by Crippen LogP contribution is -2.47. The van der Waals surface area contributed by atoms with Crippen molar-refractivity contribution in [2.24, 2.45) is 7.05 Å². The molecule has 140 valence electrons. The van der Waals surface area contributed by atoms with Crippen molar-refractivity contribution in [3.05, 3.63) is 42.9 Å². The predicted molar refractivity (Wildman–Crippen MR) is 104 cm³/mol. The first kappa shape index (κ1) is 17.6. The van der Waals surface area contributed by atoms with E-state index in [2.05, 4.69) is 32.4 Å². The Balaban J connectivity index is 1.54. The number of rotatable bonds is 4. The van der Waals surface area contributed by atoms with Crippen LogP contribution in [0.4, 0.5) is 5.82 Å². The first-order valence-electron chi connectivity index (χ1n) is 9.11. The number of nitrogens with zero attached hydrogens (tertiary/aromatic N) is 4. The maximum Gasteiger partial charge on any atom is 0.242 e. The van der Waals surface area contributed by atoms with Crippen molar-refractivity contribution in [3.8, 4) is 11.1 Å². The molecule has 3 heterocycles. The number of carbonyl (C=O) groups excluding carboxylic acids is 1. The van der Waals surface area contributed by atoms with Gasteiger partial charge in [0.15, 0.2) is 0 Å². The molecule has 1 aromatic carbocycles. The molecule has 1 aliphatic heterocycles. The fraction of sp³-hybridized carbons (Fsp3) is 0.350. The Bertz CT molecular complexity index is 962. The molecule has 1 saturated heterocycles. The molecule has 2 aromatic heterocycles. The van der Waals surface area contributed by atoms with Gasteiger partial charge in [-0.3, -0.25) is 14.4 Å². The van der Waals surface area contributed by atoms with Crippen LogP contribution in [0.1, 0.15) is 6.92 Å². The van der Waals surface area contributed by atoms with E-state index in [-0.39, 0.29) is 11.9 Å². The molecule has 1 atom stereocenters. The van der Waals surface area contributed by atoms with Gasteiger partial charge >= 0.3 is 0 Å². The Labute approximate surface area is 157 Å². The topological polar surface area (TPSA) is 72.3 Å². The highest BCUT2D eigenvalue weighted by Crippen LogP contribution is 2.25. The minimum absolute atomic E-state index is 0.0489. The fourth-order valence-corrected chi connectivity index (χ4v) is 3.32. The van der Waals surface area contributed by atoms with E-state index in [9.17, 15) is 4.79 Å². The molecule has 0 aliphatic carbocycles. The third kappa shape index (κ3) is 3.84. The molecule has 1 fully saturated rings. The molecular weight excluding hydrogens is 342 g/mol. The summed E-state index contributed by atoms with van der Waals surface area (Å²) < 4.78 is 7.14. The number of carbonyl (C=O) groups is 1. The fourth-order valence-electron chi connectivity index (χ4n) is 3.32. The number of aromatic nitrogens is 3.